The maximum atomic E-state index is 6.34. The van der Waals surface area contributed by atoms with Crippen LogP contribution < -0.4 is 11.3 Å². The van der Waals surface area contributed by atoms with Gasteiger partial charge >= 0.3 is 0 Å². The van der Waals surface area contributed by atoms with Crippen LogP contribution in [0.4, 0.5) is 0 Å². The highest BCUT2D eigenvalue weighted by molar-refractivity contribution is 9.10. The highest BCUT2D eigenvalue weighted by Crippen LogP contribution is 2.29. The zero-order chi connectivity index (χ0) is 14.8. The maximum absolute atomic E-state index is 6.34. The Kier molecular flexibility index (Phi) is 4.65. The number of halogens is 2. The lowest BCUT2D eigenvalue weighted by atomic mass is 9.97. The molecule has 2 nitrogen and oxygen atoms in total. The molecule has 2 aromatic carbocycles. The van der Waals surface area contributed by atoms with Gasteiger partial charge in [-0.1, -0.05) is 51.8 Å². The van der Waals surface area contributed by atoms with Crippen molar-refractivity contribution in [1.82, 2.24) is 5.43 Å². The van der Waals surface area contributed by atoms with E-state index in [0.717, 1.165) is 21.5 Å². The number of aryl methyl sites for hydroxylation is 2. The first-order valence-electron chi connectivity index (χ1n) is 7.19. The third kappa shape index (κ3) is 3.32. The fraction of sp³-hybridized carbons (Fsp3) is 0.294. The molecule has 1 atom stereocenters. The number of nitrogens with two attached hydrogens (primary N) is 1. The van der Waals surface area contributed by atoms with Crippen LogP contribution in [0.25, 0.3) is 0 Å². The number of nitrogens with one attached hydrogen (secondary N) is 1. The van der Waals surface area contributed by atoms with Gasteiger partial charge in [0.1, 0.15) is 0 Å². The molecule has 1 unspecified atom stereocenters. The third-order valence-corrected chi connectivity index (χ3v) is 4.96. The minimum absolute atomic E-state index is 0.0186. The van der Waals surface area contributed by atoms with Crippen LogP contribution in [0.15, 0.2) is 40.9 Å². The molecular formula is C17H18BrClN2. The largest absolute Gasteiger partial charge is 0.271 e. The molecule has 0 saturated carbocycles. The second-order valence-corrected chi connectivity index (χ2v) is 6.87. The predicted molar refractivity (Wildman–Crippen MR) is 91.4 cm³/mol. The van der Waals surface area contributed by atoms with Crippen molar-refractivity contribution >= 4 is 27.5 Å². The van der Waals surface area contributed by atoms with Crippen LogP contribution in [0.2, 0.25) is 5.02 Å². The second-order valence-electron chi connectivity index (χ2n) is 5.55. The third-order valence-electron chi connectivity index (χ3n) is 4.14. The quantitative estimate of drug-likeness (QED) is 0.625. The number of benzene rings is 2. The molecule has 0 aliphatic heterocycles. The molecule has 2 aromatic rings. The highest BCUT2D eigenvalue weighted by Gasteiger charge is 2.16. The first kappa shape index (κ1) is 15.0. The Hall–Kier alpha value is -0.870. The SMILES string of the molecule is NNC(Cc1ccc2c(c1)CCC2)c1ccc(Br)cc1Cl. The fourth-order valence-corrected chi connectivity index (χ4v) is 3.84. The lowest BCUT2D eigenvalue weighted by Gasteiger charge is -2.18. The summed E-state index contributed by atoms with van der Waals surface area (Å²) >= 11 is 9.77. The first-order valence-corrected chi connectivity index (χ1v) is 8.36. The van der Waals surface area contributed by atoms with Gasteiger partial charge in [-0.3, -0.25) is 11.3 Å². The molecular weight excluding hydrogens is 348 g/mol. The average molecular weight is 366 g/mol. The highest BCUT2D eigenvalue weighted by atomic mass is 79.9. The zero-order valence-electron chi connectivity index (χ0n) is 11.7. The Morgan fingerprint density at radius 2 is 1.95 bits per heavy atom. The summed E-state index contributed by atoms with van der Waals surface area (Å²) in [6, 6.07) is 12.7. The topological polar surface area (TPSA) is 38.0 Å². The van der Waals surface area contributed by atoms with E-state index in [9.17, 15) is 0 Å². The number of hydrogen-bond donors (Lipinski definition) is 2. The van der Waals surface area contributed by atoms with Gasteiger partial charge in [0.05, 0.1) is 6.04 Å². The predicted octanol–water partition coefficient (Wildman–Crippen LogP) is 4.34. The molecule has 0 radical (unpaired) electrons. The summed E-state index contributed by atoms with van der Waals surface area (Å²) in [5, 5.41) is 0.730. The number of rotatable bonds is 4. The summed E-state index contributed by atoms with van der Waals surface area (Å²) in [6.45, 7) is 0. The van der Waals surface area contributed by atoms with Gasteiger partial charge in [-0.05, 0) is 60.1 Å². The minimum Gasteiger partial charge on any atom is -0.271 e. The van der Waals surface area contributed by atoms with E-state index >= 15 is 0 Å². The van der Waals surface area contributed by atoms with E-state index in [0.29, 0.717) is 0 Å². The Bertz CT molecular complexity index is 657. The van der Waals surface area contributed by atoms with Crippen molar-refractivity contribution in [3.63, 3.8) is 0 Å². The summed E-state index contributed by atoms with van der Waals surface area (Å²) in [6.07, 6.45) is 4.52. The molecule has 0 aromatic heterocycles. The number of fused-ring (bicyclic) bond motifs is 1. The van der Waals surface area contributed by atoms with Crippen LogP contribution in [-0.2, 0) is 19.3 Å². The van der Waals surface area contributed by atoms with Gasteiger partial charge in [0, 0.05) is 9.50 Å². The van der Waals surface area contributed by atoms with E-state index in [1.165, 1.54) is 36.0 Å². The smallest absolute Gasteiger partial charge is 0.0515 e. The second kappa shape index (κ2) is 6.49. The summed E-state index contributed by atoms with van der Waals surface area (Å²) < 4.78 is 0.976. The van der Waals surface area contributed by atoms with Crippen molar-refractivity contribution in [3.8, 4) is 0 Å². The van der Waals surface area contributed by atoms with E-state index in [2.05, 4.69) is 39.6 Å². The number of hydrogen-bond acceptors (Lipinski definition) is 2. The van der Waals surface area contributed by atoms with Gasteiger partial charge in [0.15, 0.2) is 0 Å². The molecule has 0 bridgehead atoms. The van der Waals surface area contributed by atoms with Crippen LogP contribution in [-0.4, -0.2) is 0 Å². The van der Waals surface area contributed by atoms with Gasteiger partial charge in [-0.15, -0.1) is 0 Å². The van der Waals surface area contributed by atoms with Gasteiger partial charge in [-0.25, -0.2) is 0 Å². The van der Waals surface area contributed by atoms with Gasteiger partial charge in [0.25, 0.3) is 0 Å². The zero-order valence-corrected chi connectivity index (χ0v) is 14.0. The van der Waals surface area contributed by atoms with Crippen molar-refractivity contribution < 1.29 is 0 Å². The molecule has 3 N–H and O–H groups in total. The molecule has 1 aliphatic rings. The normalized spacial score (nSPS) is 15.0. The number of hydrazine groups is 1. The maximum Gasteiger partial charge on any atom is 0.0515 e. The Morgan fingerprint density at radius 3 is 2.71 bits per heavy atom. The summed E-state index contributed by atoms with van der Waals surface area (Å²) in [5.74, 6) is 5.75. The van der Waals surface area contributed by atoms with Gasteiger partial charge in [0.2, 0.25) is 0 Å². The van der Waals surface area contributed by atoms with Gasteiger partial charge in [-0.2, -0.15) is 0 Å². The monoisotopic (exact) mass is 364 g/mol. The summed E-state index contributed by atoms with van der Waals surface area (Å²) in [5.41, 5.74) is 8.22. The van der Waals surface area contributed by atoms with Crippen LogP contribution in [0.5, 0.6) is 0 Å². The van der Waals surface area contributed by atoms with E-state index in [-0.39, 0.29) is 6.04 Å². The Balaban J connectivity index is 1.84. The minimum atomic E-state index is 0.0186. The van der Waals surface area contributed by atoms with Crippen molar-refractivity contribution in [3.05, 3.63) is 68.1 Å². The molecule has 0 heterocycles. The van der Waals surface area contributed by atoms with Crippen LogP contribution in [0.1, 0.15) is 34.7 Å². The molecule has 0 fully saturated rings. The van der Waals surface area contributed by atoms with Crippen LogP contribution in [0, 0.1) is 0 Å². The molecule has 0 saturated heterocycles. The van der Waals surface area contributed by atoms with Crippen molar-refractivity contribution in [2.45, 2.75) is 31.7 Å². The van der Waals surface area contributed by atoms with E-state index < -0.39 is 0 Å². The van der Waals surface area contributed by atoms with Crippen molar-refractivity contribution in [2.75, 3.05) is 0 Å². The van der Waals surface area contributed by atoms with Crippen molar-refractivity contribution in [2.24, 2.45) is 5.84 Å². The lowest BCUT2D eigenvalue weighted by molar-refractivity contribution is 0.552. The molecule has 1 aliphatic carbocycles. The van der Waals surface area contributed by atoms with E-state index in [4.69, 9.17) is 17.4 Å². The summed E-state index contributed by atoms with van der Waals surface area (Å²) in [4.78, 5) is 0. The summed E-state index contributed by atoms with van der Waals surface area (Å²) in [7, 11) is 0. The Labute approximate surface area is 138 Å². The average Bonchev–Trinajstić information content (AvgIpc) is 2.93. The Morgan fingerprint density at radius 1 is 1.14 bits per heavy atom. The first-order chi connectivity index (χ1) is 10.2. The molecule has 3 rings (SSSR count). The fourth-order valence-electron chi connectivity index (χ4n) is 3.03. The molecule has 21 heavy (non-hydrogen) atoms. The molecule has 0 spiro atoms. The molecule has 4 heteroatoms. The molecule has 0 amide bonds. The van der Waals surface area contributed by atoms with Crippen molar-refractivity contribution in [1.29, 1.82) is 0 Å². The van der Waals surface area contributed by atoms with E-state index in [1.807, 2.05) is 18.2 Å². The van der Waals surface area contributed by atoms with Crippen LogP contribution in [0.3, 0.4) is 0 Å². The molecule has 110 valence electrons. The van der Waals surface area contributed by atoms with Gasteiger partial charge < -0.3 is 0 Å². The lowest BCUT2D eigenvalue weighted by Crippen LogP contribution is -2.29. The standard InChI is InChI=1S/C17H18BrClN2/c18-14-6-7-15(16(19)10-14)17(21-20)9-11-4-5-12-2-1-3-13(12)8-11/h4-8,10,17,21H,1-3,9,20H2. The van der Waals surface area contributed by atoms with Crippen LogP contribution >= 0.6 is 27.5 Å². The van der Waals surface area contributed by atoms with E-state index in [1.54, 1.807) is 0 Å².